The number of nitrogens with two attached hydrogens (primary N) is 2. The Morgan fingerprint density at radius 2 is 1.67 bits per heavy atom. The van der Waals surface area contributed by atoms with Gasteiger partial charge in [0.15, 0.2) is 0 Å². The van der Waals surface area contributed by atoms with E-state index in [1.54, 1.807) is 39.7 Å². The van der Waals surface area contributed by atoms with Crippen LogP contribution in [0.15, 0.2) is 17.2 Å². The zero-order valence-corrected chi connectivity index (χ0v) is 10.6. The first-order valence-corrected chi connectivity index (χ1v) is 5.09. The van der Waals surface area contributed by atoms with Crippen molar-refractivity contribution in [3.63, 3.8) is 0 Å². The van der Waals surface area contributed by atoms with E-state index in [1.165, 1.54) is 0 Å². The van der Waals surface area contributed by atoms with Gasteiger partial charge in [-0.3, -0.25) is 0 Å². The molecule has 1 aromatic carbocycles. The molecule has 18 heavy (non-hydrogen) atoms. The second-order valence-corrected chi connectivity index (χ2v) is 3.26. The molecule has 0 aliphatic rings. The van der Waals surface area contributed by atoms with E-state index in [2.05, 4.69) is 10.2 Å². The molecule has 0 bridgehead atoms. The van der Waals surface area contributed by atoms with Gasteiger partial charge < -0.3 is 25.7 Å². The number of benzene rings is 1. The summed E-state index contributed by atoms with van der Waals surface area (Å²) in [5, 5.41) is 6.24. The molecule has 0 aromatic heterocycles. The summed E-state index contributed by atoms with van der Waals surface area (Å²) in [7, 11) is 4.66. The van der Waals surface area contributed by atoms with Crippen LogP contribution in [0.2, 0.25) is 0 Å². The van der Waals surface area contributed by atoms with Crippen LogP contribution in [0.3, 0.4) is 0 Å². The number of guanidine groups is 1. The zero-order chi connectivity index (χ0) is 13.5. The van der Waals surface area contributed by atoms with Crippen molar-refractivity contribution >= 4 is 12.2 Å². The summed E-state index contributed by atoms with van der Waals surface area (Å²) in [6.07, 6.45) is 1.57. The van der Waals surface area contributed by atoms with E-state index in [4.69, 9.17) is 25.7 Å². The lowest BCUT2D eigenvalue weighted by Crippen LogP contribution is -2.63. The quantitative estimate of drug-likeness (QED) is 0.333. The molecule has 0 heterocycles. The standard InChI is InChI=1S/C11H16N4O3/c1-16-7-4-9(17-2)8(10(5-7)18-3)6-14-15-11(12)13/h4-6H,1-3H3,(H4,12,13,15)/p+1/b14-6-. The third-order valence-corrected chi connectivity index (χ3v) is 2.16. The molecule has 5 N–H and O–H groups in total. The van der Waals surface area contributed by atoms with Gasteiger partial charge in [-0.1, -0.05) is 0 Å². The van der Waals surface area contributed by atoms with Crippen LogP contribution in [0.1, 0.15) is 5.56 Å². The Morgan fingerprint density at radius 1 is 1.11 bits per heavy atom. The number of hydrogen-bond donors (Lipinski definition) is 3. The minimum Gasteiger partial charge on any atom is -0.496 e. The second-order valence-electron chi connectivity index (χ2n) is 3.26. The van der Waals surface area contributed by atoms with Gasteiger partial charge in [-0.15, -0.1) is 5.10 Å². The zero-order valence-electron chi connectivity index (χ0n) is 10.6. The van der Waals surface area contributed by atoms with Crippen molar-refractivity contribution in [2.45, 2.75) is 0 Å². The van der Waals surface area contributed by atoms with Crippen LogP contribution in [0.5, 0.6) is 17.2 Å². The molecule has 0 aliphatic heterocycles. The minimum atomic E-state index is -0.0716. The molecule has 7 nitrogen and oxygen atoms in total. The summed E-state index contributed by atoms with van der Waals surface area (Å²) in [5.74, 6) is 1.70. The first kappa shape index (κ1) is 13.6. The summed E-state index contributed by atoms with van der Waals surface area (Å²) < 4.78 is 15.6. The highest BCUT2D eigenvalue weighted by molar-refractivity contribution is 5.84. The fraction of sp³-hybridized carbons (Fsp3) is 0.273. The van der Waals surface area contributed by atoms with Gasteiger partial charge >= 0.3 is 0 Å². The van der Waals surface area contributed by atoms with Crippen molar-refractivity contribution in [1.29, 1.82) is 0 Å². The van der Waals surface area contributed by atoms with Crippen LogP contribution in [0.25, 0.3) is 0 Å². The number of hydrogen-bond acceptors (Lipinski definition) is 4. The number of ether oxygens (including phenoxy) is 3. The van der Waals surface area contributed by atoms with Gasteiger partial charge in [-0.25, -0.2) is 0 Å². The summed E-state index contributed by atoms with van der Waals surface area (Å²) in [6.45, 7) is 0. The fourth-order valence-electron chi connectivity index (χ4n) is 1.35. The molecule has 0 spiro atoms. The van der Waals surface area contributed by atoms with E-state index < -0.39 is 0 Å². The van der Waals surface area contributed by atoms with E-state index >= 15 is 0 Å². The van der Waals surface area contributed by atoms with Crippen LogP contribution in [0.4, 0.5) is 0 Å². The lowest BCUT2D eigenvalue weighted by Gasteiger charge is -2.10. The number of methoxy groups -OCH3 is 3. The fourth-order valence-corrected chi connectivity index (χ4v) is 1.35. The molecule has 1 rings (SSSR count). The van der Waals surface area contributed by atoms with Crippen molar-refractivity contribution < 1.29 is 19.3 Å². The summed E-state index contributed by atoms with van der Waals surface area (Å²) in [5.41, 5.74) is 11.1. The molecule has 0 radical (unpaired) electrons. The third kappa shape index (κ3) is 3.27. The third-order valence-electron chi connectivity index (χ3n) is 2.16. The largest absolute Gasteiger partial charge is 0.496 e. The first-order chi connectivity index (χ1) is 8.62. The Hall–Kier alpha value is -2.44. The Labute approximate surface area is 105 Å². The summed E-state index contributed by atoms with van der Waals surface area (Å²) >= 11 is 0. The van der Waals surface area contributed by atoms with Gasteiger partial charge in [0, 0.05) is 17.2 Å². The Balaban J connectivity index is 3.22. The minimum absolute atomic E-state index is 0.0716. The number of rotatable bonds is 5. The number of hydrazone groups is 1. The lowest BCUT2D eigenvalue weighted by molar-refractivity contribution is -0.456. The molecule has 0 atom stereocenters. The Bertz CT molecular complexity index is 442. The molecule has 0 unspecified atom stereocenters. The maximum absolute atomic E-state index is 5.25. The molecule has 1 aromatic rings. The highest BCUT2D eigenvalue weighted by Gasteiger charge is 2.13. The molecular weight excluding hydrogens is 236 g/mol. The molecule has 0 saturated carbocycles. The van der Waals surface area contributed by atoms with Crippen LogP contribution >= 0.6 is 0 Å². The average molecular weight is 253 g/mol. The molecule has 0 aliphatic carbocycles. The predicted octanol–water partition coefficient (Wildman–Crippen LogP) is -1.60. The average Bonchev–Trinajstić information content (AvgIpc) is 2.37. The maximum Gasteiger partial charge on any atom is 0.256 e. The van der Waals surface area contributed by atoms with Crippen LogP contribution in [-0.2, 0) is 0 Å². The maximum atomic E-state index is 5.25. The summed E-state index contributed by atoms with van der Waals surface area (Å²) in [4.78, 5) is 0. The van der Waals surface area contributed by atoms with Crippen LogP contribution in [-0.4, -0.2) is 33.5 Å². The summed E-state index contributed by atoms with van der Waals surface area (Å²) in [6, 6.07) is 3.46. The molecule has 7 heteroatoms. The first-order valence-electron chi connectivity index (χ1n) is 5.09. The van der Waals surface area contributed by atoms with Crippen LogP contribution in [0, 0.1) is 0 Å². The number of nitrogens with zero attached hydrogens (tertiary/aromatic N) is 1. The van der Waals surface area contributed by atoms with Crippen LogP contribution < -0.4 is 30.8 Å². The van der Waals surface area contributed by atoms with E-state index in [0.717, 1.165) is 0 Å². The van der Waals surface area contributed by atoms with Gasteiger partial charge in [0.1, 0.15) is 22.8 Å². The smallest absolute Gasteiger partial charge is 0.256 e. The Morgan fingerprint density at radius 3 is 2.06 bits per heavy atom. The molecule has 0 fully saturated rings. The monoisotopic (exact) mass is 253 g/mol. The van der Waals surface area contributed by atoms with Crippen molar-refractivity contribution in [3.05, 3.63) is 17.7 Å². The van der Waals surface area contributed by atoms with E-state index in [0.29, 0.717) is 22.8 Å². The van der Waals surface area contributed by atoms with Gasteiger partial charge in [-0.2, -0.15) is 0 Å². The van der Waals surface area contributed by atoms with E-state index in [-0.39, 0.29) is 5.96 Å². The van der Waals surface area contributed by atoms with E-state index in [9.17, 15) is 0 Å². The molecule has 98 valence electrons. The molecule has 0 amide bonds. The normalized spacial score (nSPS) is 10.2. The van der Waals surface area contributed by atoms with Gasteiger partial charge in [-0.05, 0) is 0 Å². The van der Waals surface area contributed by atoms with Crippen molar-refractivity contribution in [2.24, 2.45) is 16.6 Å². The molecule has 0 saturated heterocycles. The topological polar surface area (TPSA) is 106 Å². The SMILES string of the molecule is COc1cc(OC)c(/C=[NH+]\N=C(N)N)c(OC)c1. The van der Waals surface area contributed by atoms with Crippen molar-refractivity contribution in [2.75, 3.05) is 21.3 Å². The van der Waals surface area contributed by atoms with Crippen molar-refractivity contribution in [1.82, 2.24) is 0 Å². The van der Waals surface area contributed by atoms with E-state index in [1.807, 2.05) is 0 Å². The number of nitrogens with one attached hydrogen (secondary N) is 1. The highest BCUT2D eigenvalue weighted by Crippen LogP contribution is 2.32. The molecular formula is C11H17N4O3+. The van der Waals surface area contributed by atoms with Gasteiger partial charge in [0.05, 0.1) is 21.3 Å². The van der Waals surface area contributed by atoms with Gasteiger partial charge in [0.2, 0.25) is 6.21 Å². The van der Waals surface area contributed by atoms with Gasteiger partial charge in [0.25, 0.3) is 5.96 Å². The lowest BCUT2D eigenvalue weighted by atomic mass is 10.2. The Kier molecular flexibility index (Phi) is 4.79. The van der Waals surface area contributed by atoms with Crippen molar-refractivity contribution in [3.8, 4) is 17.2 Å². The predicted molar refractivity (Wildman–Crippen MR) is 68.0 cm³/mol. The highest BCUT2D eigenvalue weighted by atomic mass is 16.5. The second kappa shape index (κ2) is 6.33.